The Bertz CT molecular complexity index is 793. The van der Waals surface area contributed by atoms with Crippen LogP contribution in [0.15, 0.2) is 23.8 Å². The molecule has 186 valence electrons. The molecule has 1 aliphatic carbocycles. The van der Waals surface area contributed by atoms with Crippen LogP contribution in [0.4, 0.5) is 0 Å². The van der Waals surface area contributed by atoms with Gasteiger partial charge in [0.05, 0.1) is 0 Å². The predicted octanol–water partition coefficient (Wildman–Crippen LogP) is 9.58. The van der Waals surface area contributed by atoms with Gasteiger partial charge in [-0.15, -0.1) is 0 Å². The fourth-order valence-corrected chi connectivity index (χ4v) is 11.0. The Hall–Kier alpha value is -1.22. The highest BCUT2D eigenvalue weighted by Crippen LogP contribution is 2.55. The quantitative estimate of drug-likeness (QED) is 0.172. The number of rotatable bonds is 12. The molecule has 0 N–H and O–H groups in total. The topological polar surface area (TPSA) is 18.5 Å². The smallest absolute Gasteiger partial charge is 0.251 e. The Balaban J connectivity index is 2.11. The molecule has 1 aliphatic heterocycles. The highest BCUT2D eigenvalue weighted by atomic mass is 28.4. The zero-order valence-corrected chi connectivity index (χ0v) is 23.7. The molecule has 0 bridgehead atoms. The predicted molar refractivity (Wildman–Crippen MR) is 145 cm³/mol. The SMILES string of the molecule is CCCCCc1cc2c(c(O[Si](CCC)(CCC)CCC)c1)[C@@H]1CC(C)=CC[C@H]1C(C)(C)O2. The first-order chi connectivity index (χ1) is 15.8. The Morgan fingerprint density at radius 2 is 1.64 bits per heavy atom. The maximum atomic E-state index is 7.36. The summed E-state index contributed by atoms with van der Waals surface area (Å²) in [6.45, 7) is 16.2. The van der Waals surface area contributed by atoms with Crippen molar-refractivity contribution in [3.05, 3.63) is 34.9 Å². The zero-order chi connectivity index (χ0) is 24.1. The first kappa shape index (κ1) is 26.4. The summed E-state index contributed by atoms with van der Waals surface area (Å²) in [6, 6.07) is 8.60. The van der Waals surface area contributed by atoms with Crippen LogP contribution >= 0.6 is 0 Å². The maximum Gasteiger partial charge on any atom is 0.251 e. The summed E-state index contributed by atoms with van der Waals surface area (Å²) in [5.74, 6) is 3.33. The van der Waals surface area contributed by atoms with E-state index in [1.807, 2.05) is 0 Å². The van der Waals surface area contributed by atoms with E-state index in [4.69, 9.17) is 9.16 Å². The summed E-state index contributed by atoms with van der Waals surface area (Å²) in [5.41, 5.74) is 4.18. The van der Waals surface area contributed by atoms with Gasteiger partial charge in [0.25, 0.3) is 8.32 Å². The number of hydrogen-bond acceptors (Lipinski definition) is 2. The van der Waals surface area contributed by atoms with Crippen LogP contribution in [0.25, 0.3) is 0 Å². The lowest BCUT2D eigenvalue weighted by molar-refractivity contribution is 0.00780. The monoisotopic (exact) mass is 470 g/mol. The molecule has 0 saturated carbocycles. The van der Waals surface area contributed by atoms with Gasteiger partial charge in [-0.05, 0) is 82.3 Å². The van der Waals surface area contributed by atoms with Gasteiger partial charge in [0.15, 0.2) is 0 Å². The molecule has 2 nitrogen and oxygen atoms in total. The molecule has 3 heteroatoms. The second kappa shape index (κ2) is 11.5. The molecule has 3 rings (SSSR count). The third kappa shape index (κ3) is 6.07. The molecule has 1 aromatic carbocycles. The van der Waals surface area contributed by atoms with Gasteiger partial charge in [-0.2, -0.15) is 0 Å². The molecule has 0 unspecified atom stereocenters. The minimum Gasteiger partial charge on any atom is -0.543 e. The lowest BCUT2D eigenvalue weighted by atomic mass is 9.67. The van der Waals surface area contributed by atoms with Crippen LogP contribution in [0, 0.1) is 5.92 Å². The van der Waals surface area contributed by atoms with Crippen LogP contribution in [-0.2, 0) is 6.42 Å². The number of allylic oxidation sites excluding steroid dienone is 2. The van der Waals surface area contributed by atoms with Gasteiger partial charge in [-0.1, -0.05) is 71.4 Å². The van der Waals surface area contributed by atoms with E-state index in [2.05, 4.69) is 66.7 Å². The van der Waals surface area contributed by atoms with Gasteiger partial charge < -0.3 is 9.16 Å². The number of aryl methyl sites for hydroxylation is 1. The minimum atomic E-state index is -1.84. The molecule has 1 aromatic rings. The van der Waals surface area contributed by atoms with Crippen LogP contribution in [0.5, 0.6) is 11.5 Å². The summed E-state index contributed by atoms with van der Waals surface area (Å²) in [6.07, 6.45) is 13.3. The molecule has 1 heterocycles. The largest absolute Gasteiger partial charge is 0.543 e. The van der Waals surface area contributed by atoms with Crippen LogP contribution in [0.3, 0.4) is 0 Å². The Morgan fingerprint density at radius 3 is 2.24 bits per heavy atom. The fourth-order valence-electron chi connectivity index (χ4n) is 6.54. The number of fused-ring (bicyclic) bond motifs is 3. The highest BCUT2D eigenvalue weighted by molar-refractivity contribution is 6.74. The van der Waals surface area contributed by atoms with Gasteiger partial charge in [0.1, 0.15) is 17.1 Å². The van der Waals surface area contributed by atoms with Crippen molar-refractivity contribution in [3.63, 3.8) is 0 Å². The molecule has 2 aliphatic rings. The average Bonchev–Trinajstić information content (AvgIpc) is 2.73. The van der Waals surface area contributed by atoms with Crippen LogP contribution in [-0.4, -0.2) is 13.9 Å². The second-order valence-electron chi connectivity index (χ2n) is 11.4. The third-order valence-electron chi connectivity index (χ3n) is 8.06. The van der Waals surface area contributed by atoms with Gasteiger partial charge in [0, 0.05) is 17.4 Å². The summed E-state index contributed by atoms with van der Waals surface area (Å²) in [7, 11) is -1.84. The first-order valence-corrected chi connectivity index (χ1v) is 16.5. The normalized spacial score (nSPS) is 21.6. The van der Waals surface area contributed by atoms with Crippen molar-refractivity contribution < 1.29 is 9.16 Å². The number of hydrogen-bond donors (Lipinski definition) is 0. The number of unbranched alkanes of at least 4 members (excludes halogenated alkanes) is 2. The summed E-state index contributed by atoms with van der Waals surface area (Å²) >= 11 is 0. The van der Waals surface area contributed by atoms with Gasteiger partial charge in [0.2, 0.25) is 0 Å². The number of benzene rings is 1. The standard InChI is InChI=1S/C30H50O2Si/c1-8-12-13-14-24-21-27-29(25-20-23(5)15-16-26(25)30(6,7)31-27)28(22-24)32-33(17-9-2,18-10-3)19-11-4/h15,21-22,25-26H,8-14,16-20H2,1-7H3/t25-,26-/m1/s1. The van der Waals surface area contributed by atoms with Crippen molar-refractivity contribution >= 4 is 8.32 Å². The van der Waals surface area contributed by atoms with Crippen molar-refractivity contribution in [2.75, 3.05) is 0 Å². The summed E-state index contributed by atoms with van der Waals surface area (Å²) < 4.78 is 14.2. The van der Waals surface area contributed by atoms with Crippen molar-refractivity contribution in [2.24, 2.45) is 5.92 Å². The second-order valence-corrected chi connectivity index (χ2v) is 15.5. The molecule has 2 atom stereocenters. The van der Waals surface area contributed by atoms with Crippen molar-refractivity contribution in [1.82, 2.24) is 0 Å². The molecule has 0 radical (unpaired) electrons. The Kier molecular flexibility index (Phi) is 9.17. The molecular formula is C30H50O2Si. The van der Waals surface area contributed by atoms with E-state index >= 15 is 0 Å². The van der Waals surface area contributed by atoms with E-state index in [1.54, 1.807) is 0 Å². The first-order valence-electron chi connectivity index (χ1n) is 14.0. The highest BCUT2D eigenvalue weighted by Gasteiger charge is 2.46. The van der Waals surface area contributed by atoms with E-state index in [1.165, 1.54) is 79.1 Å². The lowest BCUT2D eigenvalue weighted by Crippen LogP contribution is -2.46. The molecule has 0 fully saturated rings. The summed E-state index contributed by atoms with van der Waals surface area (Å²) in [4.78, 5) is 0. The zero-order valence-electron chi connectivity index (χ0n) is 22.7. The van der Waals surface area contributed by atoms with Crippen molar-refractivity contribution in [2.45, 2.75) is 136 Å². The van der Waals surface area contributed by atoms with E-state index in [0.29, 0.717) is 11.8 Å². The minimum absolute atomic E-state index is 0.140. The van der Waals surface area contributed by atoms with Gasteiger partial charge in [-0.25, -0.2) is 0 Å². The van der Waals surface area contributed by atoms with Crippen LogP contribution in [0.2, 0.25) is 18.1 Å². The van der Waals surface area contributed by atoms with E-state index in [9.17, 15) is 0 Å². The van der Waals surface area contributed by atoms with E-state index in [0.717, 1.165) is 25.0 Å². The summed E-state index contributed by atoms with van der Waals surface area (Å²) in [5, 5.41) is 0. The van der Waals surface area contributed by atoms with Crippen molar-refractivity contribution in [3.8, 4) is 11.5 Å². The molecule has 0 spiro atoms. The fraction of sp³-hybridized carbons (Fsp3) is 0.733. The molecular weight excluding hydrogens is 420 g/mol. The molecule has 0 saturated heterocycles. The maximum absolute atomic E-state index is 7.36. The van der Waals surface area contributed by atoms with Crippen LogP contribution < -0.4 is 9.16 Å². The average molecular weight is 471 g/mol. The molecule has 0 amide bonds. The lowest BCUT2D eigenvalue weighted by Gasteiger charge is -2.48. The molecule has 33 heavy (non-hydrogen) atoms. The number of ether oxygens (including phenoxy) is 1. The van der Waals surface area contributed by atoms with Crippen LogP contribution in [0.1, 0.15) is 117 Å². The Labute approximate surface area is 205 Å². The van der Waals surface area contributed by atoms with Crippen molar-refractivity contribution in [1.29, 1.82) is 0 Å². The van der Waals surface area contributed by atoms with E-state index in [-0.39, 0.29) is 5.60 Å². The van der Waals surface area contributed by atoms with Gasteiger partial charge >= 0.3 is 0 Å². The molecule has 0 aromatic heterocycles. The van der Waals surface area contributed by atoms with Gasteiger partial charge in [-0.3, -0.25) is 0 Å². The van der Waals surface area contributed by atoms with E-state index < -0.39 is 8.32 Å². The third-order valence-corrected chi connectivity index (χ3v) is 12.9. The Morgan fingerprint density at radius 1 is 0.970 bits per heavy atom.